The summed E-state index contributed by atoms with van der Waals surface area (Å²) >= 11 is 0. The molecule has 4 heteroatoms. The Morgan fingerprint density at radius 3 is 2.45 bits per heavy atom. The van der Waals surface area contributed by atoms with Crippen molar-refractivity contribution in [2.24, 2.45) is 5.92 Å². The van der Waals surface area contributed by atoms with Gasteiger partial charge < -0.3 is 9.47 Å². The highest BCUT2D eigenvalue weighted by Crippen LogP contribution is 2.25. The minimum absolute atomic E-state index is 0.211. The van der Waals surface area contributed by atoms with Gasteiger partial charge in [0.05, 0.1) is 19.1 Å². The van der Waals surface area contributed by atoms with Gasteiger partial charge in [-0.15, -0.1) is 0 Å². The zero-order valence-corrected chi connectivity index (χ0v) is 12.7. The minimum Gasteiger partial charge on any atom is -0.465 e. The van der Waals surface area contributed by atoms with Crippen molar-refractivity contribution in [1.29, 1.82) is 0 Å². The van der Waals surface area contributed by atoms with E-state index in [9.17, 15) is 9.59 Å². The van der Waals surface area contributed by atoms with E-state index in [0.29, 0.717) is 25.2 Å². The molecule has 4 nitrogen and oxygen atoms in total. The largest absolute Gasteiger partial charge is 0.465 e. The molecule has 0 N–H and O–H groups in total. The van der Waals surface area contributed by atoms with Crippen molar-refractivity contribution in [3.63, 3.8) is 0 Å². The van der Waals surface area contributed by atoms with Gasteiger partial charge in [0.2, 0.25) is 0 Å². The van der Waals surface area contributed by atoms with Gasteiger partial charge in [0.25, 0.3) is 0 Å². The molecular weight excluding hydrogens is 256 g/mol. The quantitative estimate of drug-likeness (QED) is 0.506. The Morgan fingerprint density at radius 1 is 1.15 bits per heavy atom. The molecule has 0 aromatic carbocycles. The summed E-state index contributed by atoms with van der Waals surface area (Å²) in [5.41, 5.74) is 0.629. The predicted molar refractivity (Wildman–Crippen MR) is 77.2 cm³/mol. The maximum atomic E-state index is 11.9. The van der Waals surface area contributed by atoms with E-state index < -0.39 is 0 Å². The number of carbonyl (C=O) groups excluding carboxylic acids is 2. The predicted octanol–water partition coefficient (Wildman–Crippen LogP) is 3.40. The van der Waals surface area contributed by atoms with Crippen molar-refractivity contribution in [3.05, 3.63) is 11.6 Å². The van der Waals surface area contributed by atoms with Gasteiger partial charge in [0.1, 0.15) is 0 Å². The number of rotatable bonds is 8. The van der Waals surface area contributed by atoms with Gasteiger partial charge in [0.15, 0.2) is 0 Å². The molecule has 20 heavy (non-hydrogen) atoms. The Balaban J connectivity index is 2.47. The van der Waals surface area contributed by atoms with Crippen molar-refractivity contribution in [3.8, 4) is 0 Å². The molecule has 0 fully saturated rings. The molecule has 1 atom stereocenters. The average molecular weight is 282 g/mol. The zero-order valence-electron chi connectivity index (χ0n) is 12.7. The van der Waals surface area contributed by atoms with Crippen LogP contribution in [0.1, 0.15) is 58.8 Å². The van der Waals surface area contributed by atoms with Gasteiger partial charge in [-0.2, -0.15) is 0 Å². The minimum atomic E-state index is -0.283. The molecule has 1 aliphatic carbocycles. The van der Waals surface area contributed by atoms with Gasteiger partial charge in [-0.25, -0.2) is 4.79 Å². The molecule has 0 aromatic rings. The van der Waals surface area contributed by atoms with E-state index in [-0.39, 0.29) is 17.9 Å². The monoisotopic (exact) mass is 282 g/mol. The average Bonchev–Trinajstić information content (AvgIpc) is 2.47. The Bertz CT molecular complexity index is 346. The first-order valence-electron chi connectivity index (χ1n) is 7.73. The maximum Gasteiger partial charge on any atom is 0.333 e. The fourth-order valence-corrected chi connectivity index (χ4v) is 2.10. The summed E-state index contributed by atoms with van der Waals surface area (Å²) in [5.74, 6) is -0.768. The number of carbonyl (C=O) groups is 2. The second kappa shape index (κ2) is 9.56. The van der Waals surface area contributed by atoms with Crippen LogP contribution in [0.4, 0.5) is 0 Å². The molecule has 0 amide bonds. The molecule has 1 rings (SSSR count). The van der Waals surface area contributed by atoms with E-state index in [1.54, 1.807) is 6.08 Å². The summed E-state index contributed by atoms with van der Waals surface area (Å²) in [6.45, 7) is 5.03. The fourth-order valence-electron chi connectivity index (χ4n) is 2.10. The summed E-state index contributed by atoms with van der Waals surface area (Å²) in [6, 6.07) is 0. The summed E-state index contributed by atoms with van der Waals surface area (Å²) in [7, 11) is 0. The summed E-state index contributed by atoms with van der Waals surface area (Å²) in [6.07, 6.45) is 7.80. The van der Waals surface area contributed by atoms with Crippen LogP contribution in [-0.2, 0) is 19.1 Å². The zero-order chi connectivity index (χ0) is 14.8. The lowest BCUT2D eigenvalue weighted by Gasteiger charge is -2.19. The Hall–Kier alpha value is -1.32. The second-order valence-corrected chi connectivity index (χ2v) is 5.20. The molecular formula is C16H26O4. The van der Waals surface area contributed by atoms with E-state index in [1.165, 1.54) is 0 Å². The van der Waals surface area contributed by atoms with Crippen LogP contribution in [0.5, 0.6) is 0 Å². The summed E-state index contributed by atoms with van der Waals surface area (Å²) in [5, 5.41) is 0. The Morgan fingerprint density at radius 2 is 1.80 bits per heavy atom. The number of ether oxygens (including phenoxy) is 2. The van der Waals surface area contributed by atoms with E-state index >= 15 is 0 Å². The molecule has 0 saturated carbocycles. The lowest BCUT2D eigenvalue weighted by Crippen LogP contribution is -2.22. The maximum absolute atomic E-state index is 11.9. The van der Waals surface area contributed by atoms with Gasteiger partial charge in [-0.1, -0.05) is 32.8 Å². The first-order valence-corrected chi connectivity index (χ1v) is 7.73. The van der Waals surface area contributed by atoms with Crippen LogP contribution in [-0.4, -0.2) is 25.2 Å². The number of esters is 2. The van der Waals surface area contributed by atoms with Gasteiger partial charge >= 0.3 is 11.9 Å². The van der Waals surface area contributed by atoms with Gasteiger partial charge in [-0.05, 0) is 32.1 Å². The molecule has 114 valence electrons. The van der Waals surface area contributed by atoms with Crippen molar-refractivity contribution in [2.75, 3.05) is 13.2 Å². The summed E-state index contributed by atoms with van der Waals surface area (Å²) in [4.78, 5) is 23.7. The second-order valence-electron chi connectivity index (χ2n) is 5.20. The molecule has 0 saturated heterocycles. The van der Waals surface area contributed by atoms with Gasteiger partial charge in [-0.3, -0.25) is 4.79 Å². The van der Waals surface area contributed by atoms with Crippen LogP contribution in [0.15, 0.2) is 11.6 Å². The SMILES string of the molecule is CCCCOC(=O)C1=CC(C(=O)OCCCC)CCC1. The van der Waals surface area contributed by atoms with E-state index in [4.69, 9.17) is 9.47 Å². The molecule has 0 aromatic heterocycles. The van der Waals surface area contributed by atoms with Crippen molar-refractivity contribution in [1.82, 2.24) is 0 Å². The van der Waals surface area contributed by atoms with Crippen LogP contribution in [0.2, 0.25) is 0 Å². The van der Waals surface area contributed by atoms with Gasteiger partial charge in [0, 0.05) is 5.57 Å². The Labute approximate surface area is 121 Å². The highest BCUT2D eigenvalue weighted by Gasteiger charge is 2.25. The number of hydrogen-bond acceptors (Lipinski definition) is 4. The third-order valence-electron chi connectivity index (χ3n) is 3.40. The normalized spacial score (nSPS) is 18.3. The molecule has 0 aliphatic heterocycles. The number of hydrogen-bond donors (Lipinski definition) is 0. The first-order chi connectivity index (χ1) is 9.69. The molecule has 0 radical (unpaired) electrons. The van der Waals surface area contributed by atoms with Crippen molar-refractivity contribution < 1.29 is 19.1 Å². The Kier molecular flexibility index (Phi) is 8.00. The summed E-state index contributed by atoms with van der Waals surface area (Å²) < 4.78 is 10.4. The first kappa shape index (κ1) is 16.7. The molecule has 0 spiro atoms. The van der Waals surface area contributed by atoms with Crippen LogP contribution < -0.4 is 0 Å². The topological polar surface area (TPSA) is 52.6 Å². The molecule has 0 heterocycles. The highest BCUT2D eigenvalue weighted by atomic mass is 16.5. The number of unbranched alkanes of at least 4 members (excludes halogenated alkanes) is 2. The fraction of sp³-hybridized carbons (Fsp3) is 0.750. The standard InChI is InChI=1S/C16H26O4/c1-3-5-10-19-15(17)13-8-7-9-14(12-13)16(18)20-11-6-4-2/h12-13H,3-11H2,1-2H3. The molecule has 1 unspecified atom stereocenters. The molecule has 0 bridgehead atoms. The van der Waals surface area contributed by atoms with Crippen LogP contribution in [0.3, 0.4) is 0 Å². The van der Waals surface area contributed by atoms with Crippen molar-refractivity contribution in [2.45, 2.75) is 58.8 Å². The smallest absolute Gasteiger partial charge is 0.333 e. The third kappa shape index (κ3) is 5.76. The molecule has 1 aliphatic rings. The lowest BCUT2D eigenvalue weighted by atomic mass is 9.90. The van der Waals surface area contributed by atoms with E-state index in [2.05, 4.69) is 13.8 Å². The van der Waals surface area contributed by atoms with Crippen LogP contribution >= 0.6 is 0 Å². The van der Waals surface area contributed by atoms with Crippen molar-refractivity contribution >= 4 is 11.9 Å². The third-order valence-corrected chi connectivity index (χ3v) is 3.40. The van der Waals surface area contributed by atoms with Crippen LogP contribution in [0, 0.1) is 5.92 Å². The highest BCUT2D eigenvalue weighted by molar-refractivity contribution is 5.90. The van der Waals surface area contributed by atoms with Crippen LogP contribution in [0.25, 0.3) is 0 Å². The van der Waals surface area contributed by atoms with E-state index in [1.807, 2.05) is 0 Å². The van der Waals surface area contributed by atoms with E-state index in [0.717, 1.165) is 38.5 Å². The lowest BCUT2D eigenvalue weighted by molar-refractivity contribution is -0.147.